The quantitative estimate of drug-likeness (QED) is 0.648. The second kappa shape index (κ2) is 7.19. The molecule has 1 aliphatic heterocycles. The normalized spacial score (nSPS) is 16.0. The molecule has 1 atom stereocenters. The monoisotopic (exact) mass is 379 g/mol. The fourth-order valence-electron chi connectivity index (χ4n) is 3.18. The molecule has 0 saturated carbocycles. The number of esters is 2. The first-order valence-corrected chi connectivity index (χ1v) is 8.75. The second-order valence-electron chi connectivity index (χ2n) is 6.32. The topological polar surface area (TPSA) is 83.8 Å². The van der Waals surface area contributed by atoms with Crippen LogP contribution in [0.15, 0.2) is 59.5 Å². The highest BCUT2D eigenvalue weighted by Gasteiger charge is 2.31. The van der Waals surface area contributed by atoms with Crippen molar-refractivity contribution in [1.82, 2.24) is 4.57 Å². The molecule has 0 amide bonds. The number of carbonyl (C=O) groups is 2. The van der Waals surface area contributed by atoms with Crippen LogP contribution in [0.2, 0.25) is 0 Å². The molecule has 1 fully saturated rings. The van der Waals surface area contributed by atoms with Crippen LogP contribution in [0.4, 0.5) is 0 Å². The molecule has 4 rings (SSSR count). The van der Waals surface area contributed by atoms with Crippen LogP contribution >= 0.6 is 0 Å². The number of pyridine rings is 1. The first-order chi connectivity index (χ1) is 13.6. The van der Waals surface area contributed by atoms with Crippen LogP contribution in [0.25, 0.3) is 16.5 Å². The molecule has 28 heavy (non-hydrogen) atoms. The van der Waals surface area contributed by atoms with Crippen molar-refractivity contribution < 1.29 is 23.8 Å². The van der Waals surface area contributed by atoms with Crippen molar-refractivity contribution in [3.05, 3.63) is 70.6 Å². The van der Waals surface area contributed by atoms with Gasteiger partial charge in [-0.3, -0.25) is 9.36 Å². The number of ether oxygens (including phenoxy) is 3. The molecule has 0 N–H and O–H groups in total. The summed E-state index contributed by atoms with van der Waals surface area (Å²) in [5.41, 5.74) is 0.461. The average molecular weight is 379 g/mol. The minimum absolute atomic E-state index is 0.192. The number of rotatable bonds is 4. The summed E-state index contributed by atoms with van der Waals surface area (Å²) in [6.45, 7) is 0.223. The lowest BCUT2D eigenvalue weighted by Gasteiger charge is -2.14. The fourth-order valence-corrected chi connectivity index (χ4v) is 3.18. The van der Waals surface area contributed by atoms with E-state index in [0.717, 1.165) is 0 Å². The number of carbonyl (C=O) groups excluding carboxylic acids is 2. The summed E-state index contributed by atoms with van der Waals surface area (Å²) in [5.74, 6) is -0.661. The fraction of sp³-hybridized carbons (Fsp3) is 0.190. The molecule has 0 aliphatic carbocycles. The van der Waals surface area contributed by atoms with Gasteiger partial charge in [0.25, 0.3) is 5.56 Å². The van der Waals surface area contributed by atoms with Crippen LogP contribution in [0.3, 0.4) is 0 Å². The van der Waals surface area contributed by atoms with Crippen molar-refractivity contribution in [2.45, 2.75) is 12.5 Å². The van der Waals surface area contributed by atoms with Crippen molar-refractivity contribution in [2.24, 2.45) is 0 Å². The number of fused-ring (bicyclic) bond motifs is 1. The zero-order valence-corrected chi connectivity index (χ0v) is 15.1. The van der Waals surface area contributed by atoms with E-state index < -0.39 is 18.0 Å². The van der Waals surface area contributed by atoms with Crippen LogP contribution in [-0.2, 0) is 14.3 Å². The van der Waals surface area contributed by atoms with E-state index in [4.69, 9.17) is 14.2 Å². The zero-order valence-electron chi connectivity index (χ0n) is 15.1. The van der Waals surface area contributed by atoms with Crippen LogP contribution in [0.5, 0.6) is 5.75 Å². The lowest BCUT2D eigenvalue weighted by atomic mass is 10.1. The summed E-state index contributed by atoms with van der Waals surface area (Å²) in [6, 6.07) is 13.7. The summed E-state index contributed by atoms with van der Waals surface area (Å²) in [4.78, 5) is 37.5. The predicted octanol–water partition coefficient (Wildman–Crippen LogP) is 2.47. The van der Waals surface area contributed by atoms with Crippen molar-refractivity contribution in [2.75, 3.05) is 13.7 Å². The van der Waals surface area contributed by atoms with Gasteiger partial charge in [-0.15, -0.1) is 0 Å². The lowest BCUT2D eigenvalue weighted by Crippen LogP contribution is -2.25. The minimum atomic E-state index is -0.927. The van der Waals surface area contributed by atoms with Gasteiger partial charge in [-0.1, -0.05) is 24.3 Å². The van der Waals surface area contributed by atoms with Gasteiger partial charge in [0.1, 0.15) is 5.75 Å². The summed E-state index contributed by atoms with van der Waals surface area (Å²) in [5, 5.41) is 0.830. The maximum absolute atomic E-state index is 13.0. The van der Waals surface area contributed by atoms with Gasteiger partial charge in [0.05, 0.1) is 25.0 Å². The summed E-state index contributed by atoms with van der Waals surface area (Å²) >= 11 is 0. The molecule has 2 heterocycles. The van der Waals surface area contributed by atoms with Crippen molar-refractivity contribution >= 4 is 22.7 Å². The maximum atomic E-state index is 13.0. The molecule has 0 radical (unpaired) electrons. The van der Waals surface area contributed by atoms with E-state index in [2.05, 4.69) is 0 Å². The Kier molecular flexibility index (Phi) is 4.57. The SMILES string of the molecule is COc1cccc(-n2cc(C(=O)OC3CCOC3=O)c3ccccc3c2=O)c1. The molecule has 0 bridgehead atoms. The second-order valence-corrected chi connectivity index (χ2v) is 6.32. The first-order valence-electron chi connectivity index (χ1n) is 8.75. The summed E-state index contributed by atoms with van der Waals surface area (Å²) in [6.07, 6.45) is 0.823. The van der Waals surface area contributed by atoms with Gasteiger partial charge >= 0.3 is 11.9 Å². The highest BCUT2D eigenvalue weighted by molar-refractivity contribution is 6.04. The number of nitrogens with zero attached hydrogens (tertiary/aromatic N) is 1. The molecule has 142 valence electrons. The molecule has 7 heteroatoms. The number of cyclic esters (lactones) is 1. The molecule has 0 spiro atoms. The Balaban J connectivity index is 1.85. The first kappa shape index (κ1) is 17.8. The van der Waals surface area contributed by atoms with E-state index in [1.54, 1.807) is 48.5 Å². The van der Waals surface area contributed by atoms with Gasteiger partial charge in [0, 0.05) is 29.5 Å². The van der Waals surface area contributed by atoms with Crippen molar-refractivity contribution in [3.63, 3.8) is 0 Å². The Labute approximate surface area is 160 Å². The molecule has 7 nitrogen and oxygen atoms in total. The number of hydrogen-bond donors (Lipinski definition) is 0. The van der Waals surface area contributed by atoms with E-state index in [1.165, 1.54) is 17.9 Å². The number of benzene rings is 2. The van der Waals surface area contributed by atoms with Gasteiger partial charge < -0.3 is 14.2 Å². The molecule has 1 aliphatic rings. The van der Waals surface area contributed by atoms with E-state index >= 15 is 0 Å². The lowest BCUT2D eigenvalue weighted by molar-refractivity contribution is -0.145. The smallest absolute Gasteiger partial charge is 0.347 e. The predicted molar refractivity (Wildman–Crippen MR) is 101 cm³/mol. The summed E-state index contributed by atoms with van der Waals surface area (Å²) in [7, 11) is 1.53. The van der Waals surface area contributed by atoms with Gasteiger partial charge in [0.2, 0.25) is 6.10 Å². The third-order valence-electron chi connectivity index (χ3n) is 4.61. The molecular formula is C21H17NO6. The van der Waals surface area contributed by atoms with E-state index in [-0.39, 0.29) is 17.7 Å². The largest absolute Gasteiger partial charge is 0.497 e. The van der Waals surface area contributed by atoms with Crippen LogP contribution < -0.4 is 10.3 Å². The van der Waals surface area contributed by atoms with Crippen molar-refractivity contribution in [3.8, 4) is 11.4 Å². The minimum Gasteiger partial charge on any atom is -0.497 e. The van der Waals surface area contributed by atoms with Crippen LogP contribution in [0.1, 0.15) is 16.8 Å². The Hall–Kier alpha value is -3.61. The molecular weight excluding hydrogens is 362 g/mol. The van der Waals surface area contributed by atoms with E-state index in [1.807, 2.05) is 0 Å². The van der Waals surface area contributed by atoms with E-state index in [9.17, 15) is 14.4 Å². The van der Waals surface area contributed by atoms with Gasteiger partial charge in [-0.25, -0.2) is 9.59 Å². The molecule has 2 aromatic carbocycles. The van der Waals surface area contributed by atoms with Crippen LogP contribution in [0, 0.1) is 0 Å². The number of hydrogen-bond acceptors (Lipinski definition) is 6. The third-order valence-corrected chi connectivity index (χ3v) is 4.61. The maximum Gasteiger partial charge on any atom is 0.347 e. The van der Waals surface area contributed by atoms with Crippen LogP contribution in [-0.4, -0.2) is 36.3 Å². The number of methoxy groups -OCH3 is 1. The number of aromatic nitrogens is 1. The Morgan fingerprint density at radius 2 is 1.89 bits per heavy atom. The van der Waals surface area contributed by atoms with Gasteiger partial charge in [0.15, 0.2) is 0 Å². The Morgan fingerprint density at radius 3 is 2.61 bits per heavy atom. The molecule has 3 aromatic rings. The third kappa shape index (κ3) is 3.11. The zero-order chi connectivity index (χ0) is 19.7. The molecule has 1 aromatic heterocycles. The highest BCUT2D eigenvalue weighted by Crippen LogP contribution is 2.22. The Bertz CT molecular complexity index is 1130. The van der Waals surface area contributed by atoms with E-state index in [0.29, 0.717) is 28.6 Å². The van der Waals surface area contributed by atoms with Gasteiger partial charge in [-0.2, -0.15) is 0 Å². The standard InChI is InChI=1S/C21H17NO6/c1-26-14-6-4-5-13(11-14)22-12-17(15-7-2-3-8-16(15)19(22)23)20(24)28-18-9-10-27-21(18)25/h2-8,11-12,18H,9-10H2,1H3. The summed E-state index contributed by atoms with van der Waals surface area (Å²) < 4.78 is 16.8. The molecule has 1 unspecified atom stereocenters. The average Bonchev–Trinajstić information content (AvgIpc) is 3.13. The highest BCUT2D eigenvalue weighted by atomic mass is 16.6. The molecule has 1 saturated heterocycles. The van der Waals surface area contributed by atoms with Gasteiger partial charge in [-0.05, 0) is 18.2 Å². The Morgan fingerprint density at radius 1 is 1.11 bits per heavy atom. The van der Waals surface area contributed by atoms with Crippen molar-refractivity contribution in [1.29, 1.82) is 0 Å².